The van der Waals surface area contributed by atoms with Crippen LogP contribution >= 0.6 is 11.3 Å². The van der Waals surface area contributed by atoms with Crippen LogP contribution in [0, 0.1) is 12.3 Å². The zero-order valence-electron chi connectivity index (χ0n) is 23.6. The average molecular weight is 559 g/mol. The summed E-state index contributed by atoms with van der Waals surface area (Å²) < 4.78 is 0. The number of aromatic nitrogens is 1. The maximum atomic E-state index is 13.7. The molecule has 1 aliphatic rings. The van der Waals surface area contributed by atoms with Crippen molar-refractivity contribution < 1.29 is 24.6 Å². The van der Waals surface area contributed by atoms with Crippen molar-refractivity contribution in [2.24, 2.45) is 5.41 Å². The molecule has 0 bridgehead atoms. The van der Waals surface area contributed by atoms with E-state index in [0.29, 0.717) is 12.8 Å². The monoisotopic (exact) mass is 558 g/mol. The van der Waals surface area contributed by atoms with Gasteiger partial charge in [0.2, 0.25) is 17.7 Å². The van der Waals surface area contributed by atoms with Crippen molar-refractivity contribution in [2.45, 2.75) is 91.0 Å². The molecule has 3 rings (SSSR count). The number of likely N-dealkylation sites (tertiary alicyclic amines) is 1. The standard InChI is InChI=1S/C29H42N4O5S/c1-18(20-10-12-21(13-11-20)25-19(2)30-17-39-25)31-27(37)23-15-22(35)16-33(23)28(38)26(29(3,4)5)32-24(36)9-7-6-8-14-34/h10-13,17-18,22-23,26,34-35H,6-9,14-16H2,1-5H3,(H,31,37)(H,32,36)/t18-,22+,23-,26+/m0/s1. The van der Waals surface area contributed by atoms with E-state index in [0.717, 1.165) is 28.1 Å². The molecular weight excluding hydrogens is 516 g/mol. The number of nitrogens with one attached hydrogen (secondary N) is 2. The van der Waals surface area contributed by atoms with Gasteiger partial charge in [0.15, 0.2) is 0 Å². The number of thiazole rings is 1. The van der Waals surface area contributed by atoms with Gasteiger partial charge in [-0.1, -0.05) is 51.5 Å². The topological polar surface area (TPSA) is 132 Å². The number of hydrogen-bond donors (Lipinski definition) is 4. The smallest absolute Gasteiger partial charge is 0.246 e. The quantitative estimate of drug-likeness (QED) is 0.313. The highest BCUT2D eigenvalue weighted by Crippen LogP contribution is 2.29. The fourth-order valence-electron chi connectivity index (χ4n) is 4.82. The normalized spacial score (nSPS) is 19.0. The summed E-state index contributed by atoms with van der Waals surface area (Å²) in [5.41, 5.74) is 4.19. The summed E-state index contributed by atoms with van der Waals surface area (Å²) in [5, 5.41) is 25.2. The summed E-state index contributed by atoms with van der Waals surface area (Å²) >= 11 is 1.58. The second-order valence-corrected chi connectivity index (χ2v) is 12.3. The molecule has 0 unspecified atom stereocenters. The first-order valence-electron chi connectivity index (χ1n) is 13.6. The van der Waals surface area contributed by atoms with Gasteiger partial charge in [0.1, 0.15) is 12.1 Å². The van der Waals surface area contributed by atoms with E-state index in [1.807, 2.05) is 64.4 Å². The van der Waals surface area contributed by atoms with E-state index >= 15 is 0 Å². The molecule has 1 saturated heterocycles. The highest BCUT2D eigenvalue weighted by Gasteiger charge is 2.44. The van der Waals surface area contributed by atoms with Crippen LogP contribution in [0.3, 0.4) is 0 Å². The van der Waals surface area contributed by atoms with E-state index < -0.39 is 23.6 Å². The maximum absolute atomic E-state index is 13.7. The maximum Gasteiger partial charge on any atom is 0.246 e. The summed E-state index contributed by atoms with van der Waals surface area (Å²) in [6, 6.07) is 5.97. The third-order valence-corrected chi connectivity index (χ3v) is 8.10. The van der Waals surface area contributed by atoms with Gasteiger partial charge in [-0.05, 0) is 43.2 Å². The number of nitrogens with zero attached hydrogens (tertiary/aromatic N) is 2. The minimum absolute atomic E-state index is 0.0349. The highest BCUT2D eigenvalue weighted by atomic mass is 32.1. The molecule has 214 valence electrons. The molecule has 9 nitrogen and oxygen atoms in total. The minimum Gasteiger partial charge on any atom is -0.396 e. The number of amides is 3. The van der Waals surface area contributed by atoms with Gasteiger partial charge >= 0.3 is 0 Å². The van der Waals surface area contributed by atoms with Crippen molar-refractivity contribution in [1.29, 1.82) is 0 Å². The number of aryl methyl sites for hydroxylation is 1. The molecule has 4 atom stereocenters. The summed E-state index contributed by atoms with van der Waals surface area (Å²) in [6.07, 6.45) is 1.55. The van der Waals surface area contributed by atoms with Crippen LogP contribution in [0.1, 0.15) is 77.1 Å². The van der Waals surface area contributed by atoms with Crippen molar-refractivity contribution in [1.82, 2.24) is 20.5 Å². The number of β-amino-alcohol motifs (C(OH)–C–C–N with tert-alkyl or cyclic N) is 1. The molecular formula is C29H42N4O5S. The summed E-state index contributed by atoms with van der Waals surface area (Å²) in [5.74, 6) is -0.954. The van der Waals surface area contributed by atoms with Crippen molar-refractivity contribution in [2.75, 3.05) is 13.2 Å². The molecule has 0 spiro atoms. The van der Waals surface area contributed by atoms with Crippen LogP contribution in [0.2, 0.25) is 0 Å². The van der Waals surface area contributed by atoms with Gasteiger partial charge in [-0.15, -0.1) is 11.3 Å². The van der Waals surface area contributed by atoms with Crippen LogP contribution in [-0.2, 0) is 14.4 Å². The van der Waals surface area contributed by atoms with Crippen molar-refractivity contribution >= 4 is 29.1 Å². The Kier molecular flexibility index (Phi) is 10.6. The summed E-state index contributed by atoms with van der Waals surface area (Å²) in [4.78, 5) is 46.5. The first kappa shape index (κ1) is 30.7. The fraction of sp³-hybridized carbons (Fsp3) is 0.586. The largest absolute Gasteiger partial charge is 0.396 e. The highest BCUT2D eigenvalue weighted by molar-refractivity contribution is 7.13. The van der Waals surface area contributed by atoms with Gasteiger partial charge in [0.05, 0.1) is 28.2 Å². The number of hydrogen-bond acceptors (Lipinski definition) is 7. The number of rotatable bonds is 11. The third-order valence-electron chi connectivity index (χ3n) is 7.12. The molecule has 1 aromatic carbocycles. The van der Waals surface area contributed by atoms with Crippen LogP contribution in [-0.4, -0.2) is 69.2 Å². The van der Waals surface area contributed by atoms with Gasteiger partial charge < -0.3 is 25.7 Å². The Balaban J connectivity index is 1.68. The number of aliphatic hydroxyl groups excluding tert-OH is 2. The predicted octanol–water partition coefficient (Wildman–Crippen LogP) is 3.34. The Bertz CT molecular complexity index is 1130. The Hall–Kier alpha value is -2.82. The number of unbranched alkanes of at least 4 members (excludes halogenated alkanes) is 2. The molecule has 1 aliphatic heterocycles. The molecule has 0 aliphatic carbocycles. The molecule has 3 amide bonds. The zero-order valence-corrected chi connectivity index (χ0v) is 24.4. The van der Waals surface area contributed by atoms with Gasteiger partial charge in [-0.3, -0.25) is 14.4 Å². The van der Waals surface area contributed by atoms with Gasteiger partial charge in [-0.25, -0.2) is 4.98 Å². The molecule has 0 saturated carbocycles. The summed E-state index contributed by atoms with van der Waals surface area (Å²) in [7, 11) is 0. The van der Waals surface area contributed by atoms with E-state index in [1.165, 1.54) is 4.90 Å². The Labute approximate surface area is 235 Å². The first-order valence-corrected chi connectivity index (χ1v) is 14.5. The van der Waals surface area contributed by atoms with E-state index in [1.54, 1.807) is 11.3 Å². The predicted molar refractivity (Wildman–Crippen MR) is 152 cm³/mol. The lowest BCUT2D eigenvalue weighted by Gasteiger charge is -2.35. The van der Waals surface area contributed by atoms with Crippen LogP contribution in [0.15, 0.2) is 29.8 Å². The van der Waals surface area contributed by atoms with Gasteiger partial charge in [-0.2, -0.15) is 0 Å². The van der Waals surface area contributed by atoms with E-state index in [2.05, 4.69) is 15.6 Å². The minimum atomic E-state index is -0.844. The van der Waals surface area contributed by atoms with Crippen LogP contribution in [0.4, 0.5) is 0 Å². The SMILES string of the molecule is Cc1ncsc1-c1ccc([C@H](C)NC(=O)[C@@H]2C[C@@H](O)CN2C(=O)[C@@H](NC(=O)CCCCCO)C(C)(C)C)cc1. The van der Waals surface area contributed by atoms with Crippen molar-refractivity contribution in [3.05, 3.63) is 41.0 Å². The van der Waals surface area contributed by atoms with Crippen LogP contribution in [0.25, 0.3) is 10.4 Å². The van der Waals surface area contributed by atoms with Crippen molar-refractivity contribution in [3.63, 3.8) is 0 Å². The Morgan fingerprint density at radius 2 is 1.82 bits per heavy atom. The van der Waals surface area contributed by atoms with Gasteiger partial charge in [0.25, 0.3) is 0 Å². The molecule has 1 fully saturated rings. The fourth-order valence-corrected chi connectivity index (χ4v) is 5.63. The number of benzene rings is 1. The van der Waals surface area contributed by atoms with Gasteiger partial charge in [0, 0.05) is 26.0 Å². The van der Waals surface area contributed by atoms with Crippen LogP contribution in [0.5, 0.6) is 0 Å². The second-order valence-electron chi connectivity index (χ2n) is 11.4. The molecule has 1 aromatic heterocycles. The molecule has 2 aromatic rings. The van der Waals surface area contributed by atoms with E-state index in [9.17, 15) is 19.5 Å². The van der Waals surface area contributed by atoms with E-state index in [-0.39, 0.29) is 49.8 Å². The van der Waals surface area contributed by atoms with Crippen LogP contribution < -0.4 is 10.6 Å². The first-order chi connectivity index (χ1) is 18.4. The Morgan fingerprint density at radius 3 is 2.41 bits per heavy atom. The average Bonchev–Trinajstić information content (AvgIpc) is 3.49. The second kappa shape index (κ2) is 13.5. The lowest BCUT2D eigenvalue weighted by atomic mass is 9.85. The molecule has 0 radical (unpaired) electrons. The Morgan fingerprint density at radius 1 is 1.13 bits per heavy atom. The number of aliphatic hydroxyl groups is 2. The lowest BCUT2D eigenvalue weighted by Crippen LogP contribution is -2.57. The summed E-state index contributed by atoms with van der Waals surface area (Å²) in [6.45, 7) is 9.57. The molecule has 4 N–H and O–H groups in total. The van der Waals surface area contributed by atoms with Crippen molar-refractivity contribution in [3.8, 4) is 10.4 Å². The van der Waals surface area contributed by atoms with E-state index in [4.69, 9.17) is 5.11 Å². The lowest BCUT2D eigenvalue weighted by molar-refractivity contribution is -0.144. The zero-order chi connectivity index (χ0) is 28.7. The molecule has 2 heterocycles. The molecule has 10 heteroatoms. The third kappa shape index (κ3) is 8.09. The number of carbonyl (C=O) groups excluding carboxylic acids is 3. The molecule has 39 heavy (non-hydrogen) atoms. The number of carbonyl (C=O) groups is 3.